The van der Waals surface area contributed by atoms with Crippen molar-refractivity contribution in [3.63, 3.8) is 0 Å². The molecule has 0 radical (unpaired) electrons. The highest BCUT2D eigenvalue weighted by molar-refractivity contribution is 14.1. The molecule has 0 saturated carbocycles. The summed E-state index contributed by atoms with van der Waals surface area (Å²) in [4.78, 5) is 12.2. The second kappa shape index (κ2) is 8.79. The molecule has 0 spiro atoms. The van der Waals surface area contributed by atoms with Crippen molar-refractivity contribution >= 4 is 51.5 Å². The third kappa shape index (κ3) is 5.61. The van der Waals surface area contributed by atoms with Gasteiger partial charge >= 0.3 is 0 Å². The van der Waals surface area contributed by atoms with Gasteiger partial charge in [0.1, 0.15) is 12.4 Å². The zero-order chi connectivity index (χ0) is 17.5. The normalized spacial score (nSPS) is 9.92. The summed E-state index contributed by atoms with van der Waals surface area (Å²) in [6, 6.07) is 14.7. The Morgan fingerprint density at radius 2 is 2.00 bits per heavy atom. The molecule has 0 unspecified atom stereocenters. The molecule has 0 heterocycles. The van der Waals surface area contributed by atoms with Gasteiger partial charge in [0, 0.05) is 15.3 Å². The molecular formula is C18H17IN2O2S. The molecule has 0 bridgehead atoms. The van der Waals surface area contributed by atoms with Crippen LogP contribution < -0.4 is 15.4 Å². The number of hydrogen-bond acceptors (Lipinski definition) is 3. The molecule has 0 aromatic heterocycles. The molecule has 0 aliphatic rings. The van der Waals surface area contributed by atoms with Crippen LogP contribution in [0.25, 0.3) is 0 Å². The van der Waals surface area contributed by atoms with E-state index < -0.39 is 0 Å². The Labute approximate surface area is 160 Å². The van der Waals surface area contributed by atoms with Crippen molar-refractivity contribution < 1.29 is 9.53 Å². The number of rotatable bonds is 5. The maximum absolute atomic E-state index is 12.2. The van der Waals surface area contributed by atoms with E-state index in [0.29, 0.717) is 17.9 Å². The minimum atomic E-state index is -0.243. The van der Waals surface area contributed by atoms with Crippen LogP contribution in [0.15, 0.2) is 60.7 Å². The molecule has 1 amide bonds. The minimum Gasteiger partial charge on any atom is -0.489 e. The van der Waals surface area contributed by atoms with Crippen LogP contribution in [0.2, 0.25) is 0 Å². The van der Waals surface area contributed by atoms with Crippen LogP contribution >= 0.6 is 34.8 Å². The van der Waals surface area contributed by atoms with Crippen molar-refractivity contribution in [3.8, 4) is 5.75 Å². The average molecular weight is 452 g/mol. The van der Waals surface area contributed by atoms with E-state index in [4.69, 9.17) is 17.0 Å². The monoisotopic (exact) mass is 452 g/mol. The number of benzene rings is 2. The third-order valence-corrected chi connectivity index (χ3v) is 4.07. The summed E-state index contributed by atoms with van der Waals surface area (Å²) in [6.45, 7) is 6.16. The molecule has 4 nitrogen and oxygen atoms in total. The second-order valence-corrected chi connectivity index (χ2v) is 6.73. The van der Waals surface area contributed by atoms with Crippen LogP contribution in [-0.2, 0) is 0 Å². The van der Waals surface area contributed by atoms with Crippen LogP contribution in [0.3, 0.4) is 0 Å². The minimum absolute atomic E-state index is 0.233. The zero-order valence-corrected chi connectivity index (χ0v) is 16.1. The van der Waals surface area contributed by atoms with E-state index in [1.54, 1.807) is 6.07 Å². The highest BCUT2D eigenvalue weighted by atomic mass is 127. The van der Waals surface area contributed by atoms with Crippen LogP contribution in [0.5, 0.6) is 5.75 Å². The lowest BCUT2D eigenvalue weighted by atomic mass is 10.2. The number of halogens is 1. The third-order valence-electron chi connectivity index (χ3n) is 2.92. The summed E-state index contributed by atoms with van der Waals surface area (Å²) < 4.78 is 6.45. The van der Waals surface area contributed by atoms with Crippen LogP contribution in [-0.4, -0.2) is 17.6 Å². The summed E-state index contributed by atoms with van der Waals surface area (Å²) in [7, 11) is 0. The van der Waals surface area contributed by atoms with Gasteiger partial charge in [-0.3, -0.25) is 10.1 Å². The van der Waals surface area contributed by atoms with E-state index in [1.165, 1.54) is 0 Å². The van der Waals surface area contributed by atoms with Gasteiger partial charge in [-0.1, -0.05) is 24.8 Å². The average Bonchev–Trinajstić information content (AvgIpc) is 2.53. The molecule has 2 rings (SSSR count). The molecule has 0 aliphatic carbocycles. The van der Waals surface area contributed by atoms with Crippen molar-refractivity contribution in [3.05, 3.63) is 69.8 Å². The highest BCUT2D eigenvalue weighted by Gasteiger charge is 2.11. The molecular weight excluding hydrogens is 435 g/mol. The Bertz CT molecular complexity index is 777. The quantitative estimate of drug-likeness (QED) is 0.402. The second-order valence-electron chi connectivity index (χ2n) is 5.16. The van der Waals surface area contributed by atoms with Crippen molar-refractivity contribution in [1.29, 1.82) is 0 Å². The molecule has 124 valence electrons. The molecule has 2 aromatic rings. The van der Waals surface area contributed by atoms with Gasteiger partial charge in [0.2, 0.25) is 0 Å². The Hall–Kier alpha value is -1.93. The molecule has 0 atom stereocenters. The topological polar surface area (TPSA) is 50.4 Å². The summed E-state index contributed by atoms with van der Waals surface area (Å²) in [5.41, 5.74) is 2.26. The van der Waals surface area contributed by atoms with Gasteiger partial charge in [-0.2, -0.15) is 0 Å². The van der Waals surface area contributed by atoms with E-state index in [-0.39, 0.29) is 11.0 Å². The van der Waals surface area contributed by atoms with Crippen LogP contribution in [0.4, 0.5) is 5.69 Å². The highest BCUT2D eigenvalue weighted by Crippen LogP contribution is 2.18. The predicted octanol–water partition coefficient (Wildman–Crippen LogP) is 4.37. The molecule has 2 aromatic carbocycles. The van der Waals surface area contributed by atoms with Gasteiger partial charge in [0.15, 0.2) is 5.11 Å². The van der Waals surface area contributed by atoms with Crippen molar-refractivity contribution in [2.24, 2.45) is 0 Å². The van der Waals surface area contributed by atoms with E-state index in [0.717, 1.165) is 14.8 Å². The number of anilines is 1. The first-order chi connectivity index (χ1) is 11.5. The van der Waals surface area contributed by atoms with Crippen molar-refractivity contribution in [1.82, 2.24) is 5.32 Å². The van der Waals surface area contributed by atoms with Gasteiger partial charge < -0.3 is 10.1 Å². The smallest absolute Gasteiger partial charge is 0.258 e. The predicted molar refractivity (Wildman–Crippen MR) is 110 cm³/mol. The maximum Gasteiger partial charge on any atom is 0.258 e. The Balaban J connectivity index is 1.97. The van der Waals surface area contributed by atoms with Crippen molar-refractivity contribution in [2.75, 3.05) is 11.9 Å². The molecule has 24 heavy (non-hydrogen) atoms. The largest absolute Gasteiger partial charge is 0.489 e. The molecule has 0 aliphatic heterocycles. The van der Waals surface area contributed by atoms with Gasteiger partial charge in [0.25, 0.3) is 5.91 Å². The SMILES string of the molecule is C=C(C)COc1cccc(NC(=S)NC(=O)c2ccccc2I)c1. The fourth-order valence-electron chi connectivity index (χ4n) is 1.85. The lowest BCUT2D eigenvalue weighted by Crippen LogP contribution is -2.34. The summed E-state index contributed by atoms with van der Waals surface area (Å²) in [5.74, 6) is 0.460. The number of carbonyl (C=O) groups is 1. The van der Waals surface area contributed by atoms with Crippen LogP contribution in [0.1, 0.15) is 17.3 Å². The fourth-order valence-corrected chi connectivity index (χ4v) is 2.69. The van der Waals surface area contributed by atoms with Crippen LogP contribution in [0, 0.1) is 3.57 Å². The number of amides is 1. The van der Waals surface area contributed by atoms with Gasteiger partial charge in [-0.15, -0.1) is 0 Å². The van der Waals surface area contributed by atoms with E-state index in [9.17, 15) is 4.79 Å². The zero-order valence-electron chi connectivity index (χ0n) is 13.1. The lowest BCUT2D eigenvalue weighted by Gasteiger charge is -2.12. The first kappa shape index (κ1) is 18.4. The first-order valence-corrected chi connectivity index (χ1v) is 8.68. The van der Waals surface area contributed by atoms with E-state index in [2.05, 4.69) is 39.8 Å². The number of carbonyl (C=O) groups excluding carboxylic acids is 1. The lowest BCUT2D eigenvalue weighted by molar-refractivity contribution is 0.0977. The van der Waals surface area contributed by atoms with E-state index >= 15 is 0 Å². The van der Waals surface area contributed by atoms with Gasteiger partial charge in [-0.05, 0) is 71.6 Å². The number of hydrogen-bond donors (Lipinski definition) is 2. The number of ether oxygens (including phenoxy) is 1. The van der Waals surface area contributed by atoms with E-state index in [1.807, 2.05) is 49.4 Å². The Morgan fingerprint density at radius 1 is 1.25 bits per heavy atom. The number of nitrogens with one attached hydrogen (secondary N) is 2. The van der Waals surface area contributed by atoms with Gasteiger partial charge in [0.05, 0.1) is 5.56 Å². The van der Waals surface area contributed by atoms with Gasteiger partial charge in [-0.25, -0.2) is 0 Å². The Kier molecular flexibility index (Phi) is 6.74. The Morgan fingerprint density at radius 3 is 2.71 bits per heavy atom. The van der Waals surface area contributed by atoms with Crippen molar-refractivity contribution in [2.45, 2.75) is 6.92 Å². The maximum atomic E-state index is 12.2. The molecule has 6 heteroatoms. The molecule has 0 saturated heterocycles. The number of thiocarbonyl (C=S) groups is 1. The summed E-state index contributed by atoms with van der Waals surface area (Å²) >= 11 is 7.32. The summed E-state index contributed by atoms with van der Waals surface area (Å²) in [6.07, 6.45) is 0. The molecule has 2 N–H and O–H groups in total. The fraction of sp³-hybridized carbons (Fsp3) is 0.111. The summed E-state index contributed by atoms with van der Waals surface area (Å²) in [5, 5.41) is 5.89. The molecule has 0 fully saturated rings. The standard InChI is InChI=1S/C18H17IN2O2S/c1-12(2)11-23-14-7-5-6-13(10-14)20-18(24)21-17(22)15-8-3-4-9-16(15)19/h3-10H,1,11H2,2H3,(H2,20,21,22,24). The first-order valence-electron chi connectivity index (χ1n) is 7.20.